The van der Waals surface area contributed by atoms with Gasteiger partial charge in [-0.1, -0.05) is 11.6 Å². The summed E-state index contributed by atoms with van der Waals surface area (Å²) in [5.74, 6) is 0.724. The molecule has 0 unspecified atom stereocenters. The second kappa shape index (κ2) is 6.95. The number of primary amides is 1. The minimum atomic E-state index is -0.167. The average Bonchev–Trinajstić information content (AvgIpc) is 2.45. The lowest BCUT2D eigenvalue weighted by molar-refractivity contribution is -0.122. The highest BCUT2D eigenvalue weighted by atomic mass is 35.5. The van der Waals surface area contributed by atoms with Gasteiger partial charge in [0.15, 0.2) is 0 Å². The van der Waals surface area contributed by atoms with Gasteiger partial charge in [-0.3, -0.25) is 4.79 Å². The third-order valence-corrected chi connectivity index (χ3v) is 4.19. The van der Waals surface area contributed by atoms with E-state index >= 15 is 0 Å². The first-order chi connectivity index (χ1) is 9.60. The van der Waals surface area contributed by atoms with Crippen LogP contribution in [0, 0.1) is 5.92 Å². The average molecular weight is 297 g/mol. The molecular formula is C15H21ClN2O2. The van der Waals surface area contributed by atoms with E-state index in [0.717, 1.165) is 43.5 Å². The number of carbonyl (C=O) groups is 1. The predicted molar refractivity (Wildman–Crippen MR) is 79.8 cm³/mol. The van der Waals surface area contributed by atoms with Crippen LogP contribution in [0.25, 0.3) is 0 Å². The molecule has 1 fully saturated rings. The number of nitrogens with two attached hydrogens (primary N) is 1. The fourth-order valence-electron chi connectivity index (χ4n) is 2.72. The lowest BCUT2D eigenvalue weighted by atomic mass is 9.85. The van der Waals surface area contributed by atoms with Crippen LogP contribution in [0.4, 0.5) is 0 Å². The van der Waals surface area contributed by atoms with Crippen molar-refractivity contribution in [3.8, 4) is 5.75 Å². The molecule has 20 heavy (non-hydrogen) atoms. The van der Waals surface area contributed by atoms with E-state index in [1.807, 2.05) is 18.2 Å². The Morgan fingerprint density at radius 2 is 2.10 bits per heavy atom. The predicted octanol–water partition coefficient (Wildman–Crippen LogP) is 2.48. The van der Waals surface area contributed by atoms with Gasteiger partial charge in [-0.25, -0.2) is 0 Å². The second-order valence-corrected chi connectivity index (χ2v) is 5.72. The summed E-state index contributed by atoms with van der Waals surface area (Å²) in [7, 11) is 1.66. The number of hydrogen-bond acceptors (Lipinski definition) is 3. The molecule has 3 N–H and O–H groups in total. The molecule has 4 nitrogen and oxygen atoms in total. The van der Waals surface area contributed by atoms with Crippen LogP contribution in [-0.2, 0) is 11.3 Å². The number of methoxy groups -OCH3 is 1. The molecule has 0 saturated heterocycles. The molecule has 0 aromatic heterocycles. The van der Waals surface area contributed by atoms with E-state index in [-0.39, 0.29) is 11.8 Å². The van der Waals surface area contributed by atoms with Crippen LogP contribution in [0.1, 0.15) is 31.2 Å². The molecule has 5 heteroatoms. The number of ether oxygens (including phenoxy) is 1. The van der Waals surface area contributed by atoms with Crippen molar-refractivity contribution in [1.82, 2.24) is 5.32 Å². The van der Waals surface area contributed by atoms with Crippen molar-refractivity contribution < 1.29 is 9.53 Å². The van der Waals surface area contributed by atoms with Crippen LogP contribution in [0.2, 0.25) is 5.02 Å². The van der Waals surface area contributed by atoms with Crippen molar-refractivity contribution in [2.24, 2.45) is 11.7 Å². The molecule has 110 valence electrons. The van der Waals surface area contributed by atoms with Crippen molar-refractivity contribution in [3.63, 3.8) is 0 Å². The Labute approximate surface area is 124 Å². The van der Waals surface area contributed by atoms with Crippen molar-refractivity contribution >= 4 is 17.5 Å². The number of benzene rings is 1. The maximum absolute atomic E-state index is 11.1. The number of amides is 1. The van der Waals surface area contributed by atoms with E-state index in [9.17, 15) is 4.79 Å². The molecule has 1 saturated carbocycles. The zero-order valence-electron chi connectivity index (χ0n) is 11.7. The van der Waals surface area contributed by atoms with Gasteiger partial charge in [-0.05, 0) is 43.9 Å². The van der Waals surface area contributed by atoms with Gasteiger partial charge in [-0.15, -0.1) is 0 Å². The fraction of sp³-hybridized carbons (Fsp3) is 0.533. The van der Waals surface area contributed by atoms with Crippen LogP contribution < -0.4 is 15.8 Å². The SMILES string of the molecule is COc1ccc(Cl)cc1CNC1CCC(C(N)=O)CC1. The molecule has 0 bridgehead atoms. The molecule has 1 aromatic carbocycles. The quantitative estimate of drug-likeness (QED) is 0.877. The Kier molecular flexibility index (Phi) is 5.26. The van der Waals surface area contributed by atoms with Crippen molar-refractivity contribution in [1.29, 1.82) is 0 Å². The molecule has 1 aliphatic carbocycles. The summed E-state index contributed by atoms with van der Waals surface area (Å²) in [4.78, 5) is 11.1. The van der Waals surface area contributed by atoms with Gasteiger partial charge in [0, 0.05) is 29.1 Å². The molecule has 0 radical (unpaired) electrons. The Bertz CT molecular complexity index is 471. The van der Waals surface area contributed by atoms with E-state index in [1.165, 1.54) is 0 Å². The first-order valence-electron chi connectivity index (χ1n) is 6.95. The summed E-state index contributed by atoms with van der Waals surface area (Å²) < 4.78 is 5.33. The van der Waals surface area contributed by atoms with Crippen LogP contribution in [0.3, 0.4) is 0 Å². The highest BCUT2D eigenvalue weighted by Gasteiger charge is 2.24. The highest BCUT2D eigenvalue weighted by molar-refractivity contribution is 6.30. The van der Waals surface area contributed by atoms with Crippen LogP contribution in [0.5, 0.6) is 5.75 Å². The van der Waals surface area contributed by atoms with Crippen molar-refractivity contribution in [2.75, 3.05) is 7.11 Å². The molecule has 0 atom stereocenters. The minimum Gasteiger partial charge on any atom is -0.496 e. The third kappa shape index (κ3) is 3.87. The van der Waals surface area contributed by atoms with E-state index < -0.39 is 0 Å². The lowest BCUT2D eigenvalue weighted by Gasteiger charge is -2.27. The Balaban J connectivity index is 1.87. The van der Waals surface area contributed by atoms with E-state index in [4.69, 9.17) is 22.1 Å². The number of halogens is 1. The van der Waals surface area contributed by atoms with Gasteiger partial charge in [0.05, 0.1) is 7.11 Å². The third-order valence-electron chi connectivity index (χ3n) is 3.95. The zero-order chi connectivity index (χ0) is 14.5. The monoisotopic (exact) mass is 296 g/mol. The Morgan fingerprint density at radius 3 is 2.70 bits per heavy atom. The summed E-state index contributed by atoms with van der Waals surface area (Å²) in [6.45, 7) is 0.718. The molecule has 1 aliphatic rings. The highest BCUT2D eigenvalue weighted by Crippen LogP contribution is 2.26. The summed E-state index contributed by atoms with van der Waals surface area (Å²) in [5, 5.41) is 4.22. The van der Waals surface area contributed by atoms with Crippen molar-refractivity contribution in [3.05, 3.63) is 28.8 Å². The second-order valence-electron chi connectivity index (χ2n) is 5.29. The van der Waals surface area contributed by atoms with Gasteiger partial charge in [0.25, 0.3) is 0 Å². The van der Waals surface area contributed by atoms with E-state index in [1.54, 1.807) is 7.11 Å². The van der Waals surface area contributed by atoms with E-state index in [0.29, 0.717) is 11.1 Å². The zero-order valence-corrected chi connectivity index (χ0v) is 12.5. The van der Waals surface area contributed by atoms with Crippen LogP contribution in [0.15, 0.2) is 18.2 Å². The lowest BCUT2D eigenvalue weighted by Crippen LogP contribution is -2.36. The molecular weight excluding hydrogens is 276 g/mol. The van der Waals surface area contributed by atoms with Gasteiger partial charge in [-0.2, -0.15) is 0 Å². The Morgan fingerprint density at radius 1 is 1.40 bits per heavy atom. The maximum atomic E-state index is 11.1. The first-order valence-corrected chi connectivity index (χ1v) is 7.33. The largest absolute Gasteiger partial charge is 0.496 e. The number of hydrogen-bond donors (Lipinski definition) is 2. The summed E-state index contributed by atoms with van der Waals surface area (Å²) in [6, 6.07) is 6.04. The fourth-order valence-corrected chi connectivity index (χ4v) is 2.92. The Hall–Kier alpha value is -1.26. The molecule has 1 amide bonds. The molecule has 0 heterocycles. The van der Waals surface area contributed by atoms with E-state index in [2.05, 4.69) is 5.32 Å². The normalized spacial score (nSPS) is 22.5. The number of rotatable bonds is 5. The van der Waals surface area contributed by atoms with Gasteiger partial charge in [0.2, 0.25) is 5.91 Å². The first kappa shape index (κ1) is 15.1. The summed E-state index contributed by atoms with van der Waals surface area (Å²) in [6.07, 6.45) is 3.71. The molecule has 0 aliphatic heterocycles. The minimum absolute atomic E-state index is 0.0498. The molecule has 2 rings (SSSR count). The molecule has 1 aromatic rings. The van der Waals surface area contributed by atoms with Gasteiger partial charge >= 0.3 is 0 Å². The smallest absolute Gasteiger partial charge is 0.220 e. The molecule has 0 spiro atoms. The topological polar surface area (TPSA) is 64.3 Å². The van der Waals surface area contributed by atoms with Crippen molar-refractivity contribution in [2.45, 2.75) is 38.3 Å². The van der Waals surface area contributed by atoms with Crippen LogP contribution in [-0.4, -0.2) is 19.1 Å². The van der Waals surface area contributed by atoms with Gasteiger partial charge < -0.3 is 15.8 Å². The summed E-state index contributed by atoms with van der Waals surface area (Å²) >= 11 is 6.01. The maximum Gasteiger partial charge on any atom is 0.220 e. The standard InChI is InChI=1S/C15H21ClN2O2/c1-20-14-7-4-12(16)8-11(14)9-18-13-5-2-10(3-6-13)15(17)19/h4,7-8,10,13,18H,2-3,5-6,9H2,1H3,(H2,17,19). The number of carbonyl (C=O) groups excluding carboxylic acids is 1. The summed E-state index contributed by atoms with van der Waals surface area (Å²) in [5.41, 5.74) is 6.39. The van der Waals surface area contributed by atoms with Crippen LogP contribution >= 0.6 is 11.6 Å². The number of nitrogens with one attached hydrogen (secondary N) is 1. The van der Waals surface area contributed by atoms with Gasteiger partial charge in [0.1, 0.15) is 5.75 Å².